The largest absolute Gasteiger partial charge is 0.292 e. The third kappa shape index (κ3) is 2.97. The number of hydrogen-bond donors (Lipinski definition) is 2. The van der Waals surface area contributed by atoms with E-state index >= 15 is 0 Å². The monoisotopic (exact) mass is 300 g/mol. The van der Waals surface area contributed by atoms with Gasteiger partial charge in [-0.25, -0.2) is 17.5 Å². The molecule has 2 aromatic rings. The maximum atomic E-state index is 13.0. The zero-order valence-electron chi connectivity index (χ0n) is 9.91. The Morgan fingerprint density at radius 1 is 1.40 bits per heavy atom. The Labute approximate surface area is 112 Å². The summed E-state index contributed by atoms with van der Waals surface area (Å²) in [5, 5.41) is 17.0. The molecule has 106 valence electrons. The number of benzene rings is 1. The lowest BCUT2D eigenvalue weighted by Crippen LogP contribution is -2.24. The number of nitro groups is 1. The Hall–Kier alpha value is -2.33. The number of halogens is 1. The molecule has 0 unspecified atom stereocenters. The molecule has 20 heavy (non-hydrogen) atoms. The predicted molar refractivity (Wildman–Crippen MR) is 65.7 cm³/mol. The van der Waals surface area contributed by atoms with Crippen molar-refractivity contribution < 1.29 is 17.7 Å². The molecule has 0 atom stereocenters. The molecule has 1 aromatic carbocycles. The van der Waals surface area contributed by atoms with Gasteiger partial charge in [0.25, 0.3) is 5.69 Å². The summed E-state index contributed by atoms with van der Waals surface area (Å²) >= 11 is 0. The van der Waals surface area contributed by atoms with Gasteiger partial charge >= 0.3 is 0 Å². The molecule has 0 saturated carbocycles. The van der Waals surface area contributed by atoms with Crippen molar-refractivity contribution in [2.24, 2.45) is 0 Å². The average molecular weight is 300 g/mol. The van der Waals surface area contributed by atoms with Crippen LogP contribution in [0.4, 0.5) is 10.1 Å². The van der Waals surface area contributed by atoms with Crippen LogP contribution in [0, 0.1) is 15.9 Å². The molecule has 0 amide bonds. The first-order valence-corrected chi connectivity index (χ1v) is 6.80. The summed E-state index contributed by atoms with van der Waals surface area (Å²) in [5.41, 5.74) is -0.333. The molecule has 0 saturated heterocycles. The van der Waals surface area contributed by atoms with Crippen molar-refractivity contribution in [2.45, 2.75) is 11.4 Å². The fourth-order valence-corrected chi connectivity index (χ4v) is 2.65. The molecule has 8 nitrogen and oxygen atoms in total. The second-order valence-corrected chi connectivity index (χ2v) is 5.51. The number of nitrogens with zero attached hydrogens (tertiary/aromatic N) is 2. The van der Waals surface area contributed by atoms with Crippen LogP contribution in [-0.2, 0) is 16.6 Å². The maximum absolute atomic E-state index is 13.0. The van der Waals surface area contributed by atoms with E-state index in [-0.39, 0.29) is 6.54 Å². The Balaban J connectivity index is 2.31. The number of rotatable bonds is 5. The highest BCUT2D eigenvalue weighted by molar-refractivity contribution is 7.89. The molecule has 2 N–H and O–H groups in total. The lowest BCUT2D eigenvalue weighted by atomic mass is 10.3. The molecule has 10 heteroatoms. The molecule has 1 heterocycles. The minimum atomic E-state index is -4.13. The summed E-state index contributed by atoms with van der Waals surface area (Å²) < 4.78 is 39.1. The van der Waals surface area contributed by atoms with Gasteiger partial charge in [-0.1, -0.05) is 0 Å². The molecule has 0 aliphatic heterocycles. The van der Waals surface area contributed by atoms with E-state index in [1.165, 1.54) is 6.20 Å². The van der Waals surface area contributed by atoms with Crippen LogP contribution in [0.25, 0.3) is 0 Å². The van der Waals surface area contributed by atoms with Crippen LogP contribution in [-0.4, -0.2) is 23.5 Å². The zero-order valence-corrected chi connectivity index (χ0v) is 10.7. The van der Waals surface area contributed by atoms with E-state index in [4.69, 9.17) is 0 Å². The van der Waals surface area contributed by atoms with Gasteiger partial charge in [0.1, 0.15) is 5.82 Å². The van der Waals surface area contributed by atoms with Crippen LogP contribution in [0.15, 0.2) is 35.4 Å². The standard InChI is InChI=1S/C10H9FN4O4S/c11-7-1-2-10(9(5-7)15(16)17)20(18,19)13-6-8-3-4-12-14-8/h1-5,13H,6H2,(H,12,14). The second kappa shape index (κ2) is 5.35. The molecule has 2 rings (SSSR count). The number of aromatic amines is 1. The van der Waals surface area contributed by atoms with Gasteiger partial charge in [-0.3, -0.25) is 15.2 Å². The second-order valence-electron chi connectivity index (χ2n) is 3.78. The zero-order chi connectivity index (χ0) is 14.8. The van der Waals surface area contributed by atoms with Gasteiger partial charge in [0, 0.05) is 6.20 Å². The molecular formula is C10H9FN4O4S. The smallest absolute Gasteiger partial charge is 0.281 e. The normalized spacial score (nSPS) is 11.4. The van der Waals surface area contributed by atoms with Crippen molar-refractivity contribution in [3.05, 3.63) is 52.1 Å². The van der Waals surface area contributed by atoms with E-state index < -0.39 is 31.3 Å². The lowest BCUT2D eigenvalue weighted by molar-refractivity contribution is -0.388. The number of hydrogen-bond acceptors (Lipinski definition) is 5. The first-order chi connectivity index (χ1) is 9.40. The van der Waals surface area contributed by atoms with Crippen molar-refractivity contribution in [1.82, 2.24) is 14.9 Å². The van der Waals surface area contributed by atoms with E-state index in [0.717, 1.165) is 12.1 Å². The fraction of sp³-hybridized carbons (Fsp3) is 0.100. The van der Waals surface area contributed by atoms with E-state index in [9.17, 15) is 22.9 Å². The van der Waals surface area contributed by atoms with Crippen molar-refractivity contribution >= 4 is 15.7 Å². The van der Waals surface area contributed by atoms with E-state index in [2.05, 4.69) is 14.9 Å². The Morgan fingerprint density at radius 2 is 2.15 bits per heavy atom. The molecular weight excluding hydrogens is 291 g/mol. The van der Waals surface area contributed by atoms with Crippen LogP contribution < -0.4 is 4.72 Å². The van der Waals surface area contributed by atoms with Crippen molar-refractivity contribution in [3.63, 3.8) is 0 Å². The number of nitro benzene ring substituents is 1. The van der Waals surface area contributed by atoms with E-state index in [0.29, 0.717) is 11.8 Å². The van der Waals surface area contributed by atoms with Gasteiger partial charge in [-0.15, -0.1) is 0 Å². The summed E-state index contributed by atoms with van der Waals surface area (Å²) in [4.78, 5) is 9.24. The van der Waals surface area contributed by atoms with Gasteiger partial charge in [-0.05, 0) is 18.2 Å². The van der Waals surface area contributed by atoms with Gasteiger partial charge in [0.15, 0.2) is 4.90 Å². The van der Waals surface area contributed by atoms with Crippen molar-refractivity contribution in [1.29, 1.82) is 0 Å². The van der Waals surface area contributed by atoms with E-state index in [1.807, 2.05) is 0 Å². The number of nitrogens with one attached hydrogen (secondary N) is 2. The molecule has 1 aromatic heterocycles. The first-order valence-electron chi connectivity index (χ1n) is 5.32. The topological polar surface area (TPSA) is 118 Å². The third-order valence-electron chi connectivity index (χ3n) is 2.42. The SMILES string of the molecule is O=[N+]([O-])c1cc(F)ccc1S(=O)(=O)NCc1ccn[nH]1. The highest BCUT2D eigenvalue weighted by Gasteiger charge is 2.26. The number of sulfonamides is 1. The van der Waals surface area contributed by atoms with Crippen molar-refractivity contribution in [3.8, 4) is 0 Å². The van der Waals surface area contributed by atoms with Gasteiger partial charge in [0.2, 0.25) is 10.0 Å². The molecule has 0 radical (unpaired) electrons. The molecule has 0 aliphatic carbocycles. The summed E-state index contributed by atoms with van der Waals surface area (Å²) in [6.45, 7) is -0.114. The average Bonchev–Trinajstić information content (AvgIpc) is 2.89. The van der Waals surface area contributed by atoms with Crippen LogP contribution in [0.3, 0.4) is 0 Å². The van der Waals surface area contributed by atoms with Crippen LogP contribution in [0.2, 0.25) is 0 Å². The van der Waals surface area contributed by atoms with Crippen molar-refractivity contribution in [2.75, 3.05) is 0 Å². The lowest BCUT2D eigenvalue weighted by Gasteiger charge is -2.06. The Bertz CT molecular complexity index is 730. The summed E-state index contributed by atoms with van der Waals surface area (Å²) in [7, 11) is -4.13. The van der Waals surface area contributed by atoms with Crippen LogP contribution in [0.5, 0.6) is 0 Å². The fourth-order valence-electron chi connectivity index (χ4n) is 1.49. The summed E-state index contributed by atoms with van der Waals surface area (Å²) in [5.74, 6) is -0.885. The molecule has 0 aliphatic rings. The third-order valence-corrected chi connectivity index (χ3v) is 3.87. The predicted octanol–water partition coefficient (Wildman–Crippen LogP) is 0.935. The number of aromatic nitrogens is 2. The van der Waals surface area contributed by atoms with Gasteiger partial charge in [0.05, 0.1) is 23.2 Å². The highest BCUT2D eigenvalue weighted by atomic mass is 32.2. The Kier molecular flexibility index (Phi) is 3.77. The minimum absolute atomic E-state index is 0.114. The molecule has 0 spiro atoms. The molecule has 0 bridgehead atoms. The highest BCUT2D eigenvalue weighted by Crippen LogP contribution is 2.24. The van der Waals surface area contributed by atoms with Crippen LogP contribution >= 0.6 is 0 Å². The van der Waals surface area contributed by atoms with Gasteiger partial charge in [-0.2, -0.15) is 5.10 Å². The Morgan fingerprint density at radius 3 is 2.75 bits per heavy atom. The first kappa shape index (κ1) is 14.1. The summed E-state index contributed by atoms with van der Waals surface area (Å²) in [6, 6.07) is 3.80. The van der Waals surface area contributed by atoms with Crippen LogP contribution in [0.1, 0.15) is 5.69 Å². The maximum Gasteiger partial charge on any atom is 0.292 e. The molecule has 0 fully saturated rings. The number of H-pyrrole nitrogens is 1. The minimum Gasteiger partial charge on any atom is -0.281 e. The summed E-state index contributed by atoms with van der Waals surface area (Å²) in [6.07, 6.45) is 1.43. The van der Waals surface area contributed by atoms with E-state index in [1.54, 1.807) is 6.07 Å². The quantitative estimate of drug-likeness (QED) is 0.629. The van der Waals surface area contributed by atoms with Gasteiger partial charge < -0.3 is 0 Å².